The number of hydrogen-bond acceptors (Lipinski definition) is 2. The van der Waals surface area contributed by atoms with E-state index < -0.39 is 0 Å². The molecule has 0 saturated heterocycles. The third-order valence-electron chi connectivity index (χ3n) is 3.38. The number of hydrogen-bond donors (Lipinski definition) is 1. The molecule has 0 radical (unpaired) electrons. The molecule has 1 N–H and O–H groups in total. The molecule has 0 aromatic carbocycles. The standard InChI is InChI=1S/C15H19N3/c1-2-12(10-16-13-6-7-13)9-14-11-18-8-4-3-5-15(18)17-14/h3-5,8-9,11,13,16H,2,6-7,10H2,1H3. The van der Waals surface area contributed by atoms with Gasteiger partial charge in [-0.25, -0.2) is 4.98 Å². The molecule has 1 aliphatic carbocycles. The van der Waals surface area contributed by atoms with Crippen LogP contribution in [-0.4, -0.2) is 22.0 Å². The molecule has 3 nitrogen and oxygen atoms in total. The second-order valence-electron chi connectivity index (χ2n) is 4.94. The van der Waals surface area contributed by atoms with E-state index in [0.29, 0.717) is 0 Å². The van der Waals surface area contributed by atoms with Crippen LogP contribution in [0.2, 0.25) is 0 Å². The summed E-state index contributed by atoms with van der Waals surface area (Å²) in [5.74, 6) is 0. The fraction of sp³-hybridized carbons (Fsp3) is 0.400. The summed E-state index contributed by atoms with van der Waals surface area (Å²) in [7, 11) is 0. The van der Waals surface area contributed by atoms with Crippen molar-refractivity contribution >= 4 is 11.7 Å². The minimum Gasteiger partial charge on any atom is -0.310 e. The average Bonchev–Trinajstić information content (AvgIpc) is 3.12. The lowest BCUT2D eigenvalue weighted by Gasteiger charge is -2.04. The fourth-order valence-corrected chi connectivity index (χ4v) is 2.07. The van der Waals surface area contributed by atoms with Crippen molar-refractivity contribution in [1.29, 1.82) is 0 Å². The van der Waals surface area contributed by atoms with Crippen LogP contribution in [0, 0.1) is 0 Å². The molecule has 2 aromatic rings. The summed E-state index contributed by atoms with van der Waals surface area (Å²) in [6, 6.07) is 6.84. The van der Waals surface area contributed by atoms with Crippen LogP contribution >= 0.6 is 0 Å². The van der Waals surface area contributed by atoms with Gasteiger partial charge in [-0.3, -0.25) is 0 Å². The molecule has 1 aliphatic rings. The van der Waals surface area contributed by atoms with E-state index >= 15 is 0 Å². The predicted octanol–water partition coefficient (Wildman–Crippen LogP) is 2.88. The van der Waals surface area contributed by atoms with Crippen molar-refractivity contribution in [2.45, 2.75) is 32.2 Å². The Kier molecular flexibility index (Phi) is 3.15. The maximum Gasteiger partial charge on any atom is 0.137 e. The van der Waals surface area contributed by atoms with Crippen molar-refractivity contribution in [2.75, 3.05) is 6.54 Å². The van der Waals surface area contributed by atoms with Crippen LogP contribution in [0.15, 0.2) is 36.2 Å². The largest absolute Gasteiger partial charge is 0.310 e. The van der Waals surface area contributed by atoms with Crippen molar-refractivity contribution < 1.29 is 0 Å². The van der Waals surface area contributed by atoms with E-state index in [2.05, 4.69) is 33.9 Å². The highest BCUT2D eigenvalue weighted by atomic mass is 15.0. The first-order valence-electron chi connectivity index (χ1n) is 6.71. The smallest absolute Gasteiger partial charge is 0.137 e. The first-order chi connectivity index (χ1) is 8.85. The van der Waals surface area contributed by atoms with Gasteiger partial charge in [0.25, 0.3) is 0 Å². The van der Waals surface area contributed by atoms with Crippen LogP contribution in [0.25, 0.3) is 11.7 Å². The Morgan fingerprint density at radius 3 is 3.11 bits per heavy atom. The van der Waals surface area contributed by atoms with E-state index in [4.69, 9.17) is 0 Å². The molecular weight excluding hydrogens is 222 g/mol. The van der Waals surface area contributed by atoms with Gasteiger partial charge in [-0.1, -0.05) is 18.6 Å². The Bertz CT molecular complexity index is 531. The van der Waals surface area contributed by atoms with Crippen LogP contribution in [0.4, 0.5) is 0 Å². The van der Waals surface area contributed by atoms with Gasteiger partial charge < -0.3 is 9.72 Å². The van der Waals surface area contributed by atoms with Crippen molar-refractivity contribution in [3.63, 3.8) is 0 Å². The van der Waals surface area contributed by atoms with Crippen molar-refractivity contribution in [3.05, 3.63) is 41.9 Å². The molecule has 0 amide bonds. The quantitative estimate of drug-likeness (QED) is 0.872. The van der Waals surface area contributed by atoms with Gasteiger partial charge >= 0.3 is 0 Å². The molecule has 2 aromatic heterocycles. The molecule has 3 rings (SSSR count). The van der Waals surface area contributed by atoms with Crippen molar-refractivity contribution in [2.24, 2.45) is 0 Å². The van der Waals surface area contributed by atoms with E-state index in [-0.39, 0.29) is 0 Å². The average molecular weight is 241 g/mol. The van der Waals surface area contributed by atoms with Crippen LogP contribution < -0.4 is 5.32 Å². The number of aromatic nitrogens is 2. The maximum atomic E-state index is 4.60. The summed E-state index contributed by atoms with van der Waals surface area (Å²) in [5.41, 5.74) is 3.48. The third-order valence-corrected chi connectivity index (χ3v) is 3.38. The molecule has 3 heteroatoms. The highest BCUT2D eigenvalue weighted by molar-refractivity contribution is 5.54. The Labute approximate surface area is 108 Å². The van der Waals surface area contributed by atoms with Gasteiger partial charge in [-0.2, -0.15) is 0 Å². The van der Waals surface area contributed by atoms with Gasteiger partial charge in [-0.15, -0.1) is 0 Å². The number of nitrogens with one attached hydrogen (secondary N) is 1. The van der Waals surface area contributed by atoms with E-state index in [1.165, 1.54) is 18.4 Å². The number of pyridine rings is 1. The van der Waals surface area contributed by atoms with Crippen molar-refractivity contribution in [3.8, 4) is 0 Å². The second kappa shape index (κ2) is 4.94. The fourth-order valence-electron chi connectivity index (χ4n) is 2.07. The lowest BCUT2D eigenvalue weighted by atomic mass is 10.1. The monoisotopic (exact) mass is 241 g/mol. The summed E-state index contributed by atoms with van der Waals surface area (Å²) >= 11 is 0. The van der Waals surface area contributed by atoms with Crippen LogP contribution in [0.5, 0.6) is 0 Å². The van der Waals surface area contributed by atoms with E-state index in [1.807, 2.05) is 24.4 Å². The lowest BCUT2D eigenvalue weighted by Crippen LogP contribution is -2.18. The number of nitrogens with zero attached hydrogens (tertiary/aromatic N) is 2. The molecular formula is C15H19N3. The molecule has 0 unspecified atom stereocenters. The van der Waals surface area contributed by atoms with Gasteiger partial charge in [0.05, 0.1) is 5.69 Å². The molecule has 18 heavy (non-hydrogen) atoms. The van der Waals surface area contributed by atoms with Crippen LogP contribution in [-0.2, 0) is 0 Å². The molecule has 94 valence electrons. The molecule has 0 atom stereocenters. The van der Waals surface area contributed by atoms with Crippen LogP contribution in [0.3, 0.4) is 0 Å². The molecule has 0 aliphatic heterocycles. The minimum absolute atomic E-state index is 0.765. The summed E-state index contributed by atoms with van der Waals surface area (Å²) < 4.78 is 2.06. The first-order valence-corrected chi connectivity index (χ1v) is 6.71. The van der Waals surface area contributed by atoms with Gasteiger partial charge in [0, 0.05) is 25.0 Å². The number of fused-ring (bicyclic) bond motifs is 1. The SMILES string of the molecule is CCC(=Cc1cn2ccccc2n1)CNC1CC1. The topological polar surface area (TPSA) is 29.3 Å². The summed E-state index contributed by atoms with van der Waals surface area (Å²) in [5, 5.41) is 3.56. The molecule has 2 heterocycles. The number of imidazole rings is 1. The zero-order chi connectivity index (χ0) is 12.4. The molecule has 1 saturated carbocycles. The lowest BCUT2D eigenvalue weighted by molar-refractivity contribution is 0.723. The van der Waals surface area contributed by atoms with Gasteiger partial charge in [0.1, 0.15) is 5.65 Å². The molecule has 1 fully saturated rings. The summed E-state index contributed by atoms with van der Waals surface area (Å²) in [4.78, 5) is 4.60. The molecule has 0 spiro atoms. The Morgan fingerprint density at radius 1 is 1.50 bits per heavy atom. The summed E-state index contributed by atoms with van der Waals surface area (Å²) in [6.07, 6.45) is 10.1. The van der Waals surface area contributed by atoms with Gasteiger partial charge in [0.15, 0.2) is 0 Å². The highest BCUT2D eigenvalue weighted by Crippen LogP contribution is 2.19. The van der Waals surface area contributed by atoms with E-state index in [0.717, 1.165) is 30.3 Å². The zero-order valence-electron chi connectivity index (χ0n) is 10.8. The summed E-state index contributed by atoms with van der Waals surface area (Å²) in [6.45, 7) is 3.20. The van der Waals surface area contributed by atoms with Gasteiger partial charge in [-0.05, 0) is 37.5 Å². The highest BCUT2D eigenvalue weighted by Gasteiger charge is 2.20. The Hall–Kier alpha value is -1.61. The normalized spacial score (nSPS) is 16.4. The Balaban J connectivity index is 1.78. The maximum absolute atomic E-state index is 4.60. The third kappa shape index (κ3) is 2.62. The molecule has 0 bridgehead atoms. The minimum atomic E-state index is 0.765. The Morgan fingerprint density at radius 2 is 2.39 bits per heavy atom. The van der Waals surface area contributed by atoms with E-state index in [9.17, 15) is 0 Å². The first kappa shape index (κ1) is 11.5. The van der Waals surface area contributed by atoms with Crippen LogP contribution in [0.1, 0.15) is 31.9 Å². The van der Waals surface area contributed by atoms with E-state index in [1.54, 1.807) is 0 Å². The van der Waals surface area contributed by atoms with Crippen molar-refractivity contribution in [1.82, 2.24) is 14.7 Å². The second-order valence-corrected chi connectivity index (χ2v) is 4.94. The van der Waals surface area contributed by atoms with Gasteiger partial charge in [0.2, 0.25) is 0 Å². The zero-order valence-corrected chi connectivity index (χ0v) is 10.8. The predicted molar refractivity (Wildman–Crippen MR) is 74.5 cm³/mol. The number of rotatable bonds is 5.